The van der Waals surface area contributed by atoms with Gasteiger partial charge in [-0.3, -0.25) is 9.59 Å². The molecule has 2 amide bonds. The smallest absolute Gasteiger partial charge is 0.349 e. The molecule has 0 radical (unpaired) electrons. The van der Waals surface area contributed by atoms with Gasteiger partial charge in [-0.1, -0.05) is 6.07 Å². The first-order valence-electron chi connectivity index (χ1n) is 9.93. The maximum absolute atomic E-state index is 12.3. The van der Waals surface area contributed by atoms with E-state index in [4.69, 9.17) is 4.74 Å². The third-order valence-corrected chi connectivity index (χ3v) is 5.05. The predicted octanol–water partition coefficient (Wildman–Crippen LogP) is 2.89. The molecule has 1 aliphatic rings. The Bertz CT molecular complexity index is 1100. The van der Waals surface area contributed by atoms with Gasteiger partial charge >= 0.3 is 5.97 Å². The van der Waals surface area contributed by atoms with Crippen LogP contribution in [0.2, 0.25) is 0 Å². The number of carbonyl (C=O) groups excluding carboxylic acids is 3. The van der Waals surface area contributed by atoms with Crippen LogP contribution >= 0.6 is 0 Å². The van der Waals surface area contributed by atoms with Crippen LogP contribution in [0.5, 0.6) is 0 Å². The van der Waals surface area contributed by atoms with Crippen LogP contribution in [0.3, 0.4) is 0 Å². The van der Waals surface area contributed by atoms with Crippen LogP contribution in [-0.4, -0.2) is 36.0 Å². The van der Waals surface area contributed by atoms with E-state index in [1.807, 2.05) is 26.0 Å². The van der Waals surface area contributed by atoms with Crippen molar-refractivity contribution in [2.75, 3.05) is 19.0 Å². The molecule has 1 fully saturated rings. The summed E-state index contributed by atoms with van der Waals surface area (Å²) in [6, 6.07) is 10.6. The molecule has 31 heavy (non-hydrogen) atoms. The number of benzene rings is 1. The number of nitrogens with one attached hydrogen (secondary N) is 2. The lowest BCUT2D eigenvalue weighted by atomic mass is 10.1. The molecule has 1 aromatic carbocycles. The lowest BCUT2D eigenvalue weighted by Gasteiger charge is -2.08. The molecule has 0 spiro atoms. The molecular weight excluding hydrogens is 396 g/mol. The van der Waals surface area contributed by atoms with Crippen molar-refractivity contribution in [1.82, 2.24) is 9.88 Å². The maximum Gasteiger partial charge on any atom is 0.349 e. The van der Waals surface area contributed by atoms with Gasteiger partial charge < -0.3 is 19.9 Å². The Kier molecular flexibility index (Phi) is 6.55. The van der Waals surface area contributed by atoms with Crippen molar-refractivity contribution >= 4 is 29.5 Å². The summed E-state index contributed by atoms with van der Waals surface area (Å²) >= 11 is 0. The minimum atomic E-state index is -0.868. The van der Waals surface area contributed by atoms with Crippen LogP contribution in [0.4, 0.5) is 5.69 Å². The van der Waals surface area contributed by atoms with Gasteiger partial charge in [0.2, 0.25) is 0 Å². The number of ether oxygens (including phenoxy) is 1. The topological polar surface area (TPSA) is 113 Å². The minimum Gasteiger partial charge on any atom is -0.451 e. The number of esters is 1. The Morgan fingerprint density at radius 2 is 2.00 bits per heavy atom. The summed E-state index contributed by atoms with van der Waals surface area (Å²) in [7, 11) is 1.51. The highest BCUT2D eigenvalue weighted by Gasteiger charge is 2.27. The molecule has 2 N–H and O–H groups in total. The summed E-state index contributed by atoms with van der Waals surface area (Å²) in [5.74, 6) is -1.73. The van der Waals surface area contributed by atoms with E-state index in [1.54, 1.807) is 18.2 Å². The monoisotopic (exact) mass is 420 g/mol. The van der Waals surface area contributed by atoms with Gasteiger partial charge in [0.05, 0.1) is 0 Å². The highest BCUT2D eigenvalue weighted by Crippen LogP contribution is 2.38. The van der Waals surface area contributed by atoms with Crippen LogP contribution < -0.4 is 10.6 Å². The number of aromatic nitrogens is 1. The van der Waals surface area contributed by atoms with Crippen molar-refractivity contribution in [2.45, 2.75) is 32.7 Å². The lowest BCUT2D eigenvalue weighted by molar-refractivity contribution is -0.142. The maximum atomic E-state index is 12.3. The second-order valence-corrected chi connectivity index (χ2v) is 7.38. The van der Waals surface area contributed by atoms with Crippen molar-refractivity contribution in [1.29, 1.82) is 5.26 Å². The molecule has 2 aromatic rings. The van der Waals surface area contributed by atoms with Gasteiger partial charge in [0.25, 0.3) is 11.8 Å². The number of nitrogens with zero attached hydrogens (tertiary/aromatic N) is 2. The molecule has 3 rings (SSSR count). The Labute approximate surface area is 180 Å². The summed E-state index contributed by atoms with van der Waals surface area (Å²) in [4.78, 5) is 36.1. The number of anilines is 1. The molecule has 8 heteroatoms. The fraction of sp³-hybridized carbons (Fsp3) is 0.304. The molecule has 0 saturated heterocycles. The zero-order chi connectivity index (χ0) is 22.5. The number of nitriles is 1. The van der Waals surface area contributed by atoms with Crippen molar-refractivity contribution in [3.63, 3.8) is 0 Å². The fourth-order valence-corrected chi connectivity index (χ4v) is 3.42. The average molecular weight is 420 g/mol. The van der Waals surface area contributed by atoms with Gasteiger partial charge in [-0.25, -0.2) is 4.79 Å². The van der Waals surface area contributed by atoms with Crippen LogP contribution in [0, 0.1) is 25.2 Å². The Hall–Kier alpha value is -3.86. The molecule has 1 heterocycles. The first-order valence-corrected chi connectivity index (χ1v) is 9.93. The van der Waals surface area contributed by atoms with Crippen LogP contribution in [-0.2, 0) is 14.3 Å². The second kappa shape index (κ2) is 9.30. The van der Waals surface area contributed by atoms with Crippen LogP contribution in [0.25, 0.3) is 6.08 Å². The zero-order valence-electron chi connectivity index (χ0n) is 17.7. The summed E-state index contributed by atoms with van der Waals surface area (Å²) in [6.45, 7) is 3.40. The standard InChI is InChI=1S/C23H24N4O4/c1-14-9-17(15(2)27(14)20-7-8-20)10-18(12-24)23(30)31-13-21(28)26-19-6-4-5-16(11-19)22(29)25-3/h4-6,9-11,20H,7-8,13H2,1-3H3,(H,25,29)(H,26,28)/b18-10+. The predicted molar refractivity (Wildman–Crippen MR) is 115 cm³/mol. The van der Waals surface area contributed by atoms with Crippen molar-refractivity contribution in [3.8, 4) is 6.07 Å². The molecule has 8 nitrogen and oxygen atoms in total. The Morgan fingerprint density at radius 3 is 2.65 bits per heavy atom. The van der Waals surface area contributed by atoms with Crippen molar-refractivity contribution in [3.05, 3.63) is 58.4 Å². The van der Waals surface area contributed by atoms with E-state index < -0.39 is 18.5 Å². The molecule has 1 aromatic heterocycles. The van der Waals surface area contributed by atoms with Gasteiger partial charge in [0, 0.05) is 35.7 Å². The molecule has 160 valence electrons. The highest BCUT2D eigenvalue weighted by atomic mass is 16.5. The van der Waals surface area contributed by atoms with E-state index in [1.165, 1.54) is 19.2 Å². The third-order valence-electron chi connectivity index (χ3n) is 5.05. The first kappa shape index (κ1) is 21.8. The molecule has 0 unspecified atom stereocenters. The summed E-state index contributed by atoms with van der Waals surface area (Å²) in [6.07, 6.45) is 3.76. The number of amides is 2. The van der Waals surface area contributed by atoms with Gasteiger partial charge in [-0.05, 0) is 62.6 Å². The third kappa shape index (κ3) is 5.20. The normalized spacial score (nSPS) is 13.3. The SMILES string of the molecule is CNC(=O)c1cccc(NC(=O)COC(=O)/C(C#N)=C/c2cc(C)n(C3CC3)c2C)c1. The highest BCUT2D eigenvalue weighted by molar-refractivity contribution is 6.01. The Balaban J connectivity index is 1.62. The number of rotatable bonds is 7. The molecule has 0 atom stereocenters. The van der Waals surface area contributed by atoms with Gasteiger partial charge in [0.15, 0.2) is 6.61 Å². The molecule has 1 aliphatic carbocycles. The van der Waals surface area contributed by atoms with E-state index in [2.05, 4.69) is 15.2 Å². The summed E-state index contributed by atoms with van der Waals surface area (Å²) < 4.78 is 7.22. The molecule has 1 saturated carbocycles. The van der Waals surface area contributed by atoms with E-state index in [0.29, 0.717) is 17.3 Å². The number of carbonyl (C=O) groups is 3. The zero-order valence-corrected chi connectivity index (χ0v) is 17.7. The number of aryl methyl sites for hydroxylation is 1. The van der Waals surface area contributed by atoms with Crippen molar-refractivity contribution < 1.29 is 19.1 Å². The molecule has 0 bridgehead atoms. The van der Waals surface area contributed by atoms with Crippen molar-refractivity contribution in [2.24, 2.45) is 0 Å². The fourth-order valence-electron chi connectivity index (χ4n) is 3.42. The van der Waals surface area contributed by atoms with Crippen LogP contribution in [0.1, 0.15) is 46.2 Å². The molecule has 0 aliphatic heterocycles. The largest absolute Gasteiger partial charge is 0.451 e. The minimum absolute atomic E-state index is 0.175. The summed E-state index contributed by atoms with van der Waals surface area (Å²) in [5, 5.41) is 14.4. The van der Waals surface area contributed by atoms with Gasteiger partial charge in [-0.2, -0.15) is 5.26 Å². The van der Waals surface area contributed by atoms with Crippen LogP contribution in [0.15, 0.2) is 35.9 Å². The van der Waals surface area contributed by atoms with Gasteiger partial charge in [0.1, 0.15) is 11.6 Å². The first-order chi connectivity index (χ1) is 14.8. The summed E-state index contributed by atoms with van der Waals surface area (Å²) in [5.41, 5.74) is 3.46. The quantitative estimate of drug-likeness (QED) is 0.406. The van der Waals surface area contributed by atoms with Gasteiger partial charge in [-0.15, -0.1) is 0 Å². The lowest BCUT2D eigenvalue weighted by Crippen LogP contribution is -2.22. The number of hydrogen-bond acceptors (Lipinski definition) is 5. The molecular formula is C23H24N4O4. The second-order valence-electron chi connectivity index (χ2n) is 7.38. The van der Waals surface area contributed by atoms with E-state index >= 15 is 0 Å². The Morgan fingerprint density at radius 1 is 1.26 bits per heavy atom. The number of hydrogen-bond donors (Lipinski definition) is 2. The van der Waals surface area contributed by atoms with E-state index in [-0.39, 0.29) is 11.5 Å². The average Bonchev–Trinajstić information content (AvgIpc) is 3.55. The van der Waals surface area contributed by atoms with E-state index in [0.717, 1.165) is 29.8 Å². The van der Waals surface area contributed by atoms with E-state index in [9.17, 15) is 19.6 Å².